The van der Waals surface area contributed by atoms with Crippen molar-refractivity contribution >= 4 is 0 Å². The summed E-state index contributed by atoms with van der Waals surface area (Å²) < 4.78 is 5.35. The Labute approximate surface area is 104 Å². The average Bonchev–Trinajstić information content (AvgIpc) is 2.28. The molecule has 0 radical (unpaired) electrons. The first kappa shape index (κ1) is 14.0. The monoisotopic (exact) mass is 236 g/mol. The van der Waals surface area contributed by atoms with E-state index in [0.717, 1.165) is 25.4 Å². The molecule has 0 saturated carbocycles. The molecule has 1 rings (SSSR count). The van der Waals surface area contributed by atoms with Gasteiger partial charge >= 0.3 is 0 Å². The fourth-order valence-electron chi connectivity index (χ4n) is 2.01. The van der Waals surface area contributed by atoms with Gasteiger partial charge in [-0.15, -0.1) is 0 Å². The molecule has 3 N–H and O–H groups in total. The van der Waals surface area contributed by atoms with Crippen LogP contribution >= 0.6 is 0 Å². The molecule has 0 saturated heterocycles. The van der Waals surface area contributed by atoms with Crippen LogP contribution in [0.1, 0.15) is 23.6 Å². The van der Waals surface area contributed by atoms with Crippen LogP contribution in [0.15, 0.2) is 12.1 Å². The number of rotatable bonds is 6. The summed E-state index contributed by atoms with van der Waals surface area (Å²) in [6.45, 7) is 8.89. The van der Waals surface area contributed by atoms with Gasteiger partial charge in [0.05, 0.1) is 7.11 Å². The van der Waals surface area contributed by atoms with E-state index in [0.29, 0.717) is 5.92 Å². The lowest BCUT2D eigenvalue weighted by molar-refractivity contribution is 0.408. The van der Waals surface area contributed by atoms with E-state index < -0.39 is 0 Å². The summed E-state index contributed by atoms with van der Waals surface area (Å²) in [5.74, 6) is 1.51. The zero-order chi connectivity index (χ0) is 12.8. The lowest BCUT2D eigenvalue weighted by Gasteiger charge is -2.13. The average molecular weight is 236 g/mol. The van der Waals surface area contributed by atoms with Gasteiger partial charge in [0.1, 0.15) is 5.75 Å². The minimum Gasteiger partial charge on any atom is -0.496 e. The summed E-state index contributed by atoms with van der Waals surface area (Å²) >= 11 is 0. The number of ether oxygens (including phenoxy) is 1. The van der Waals surface area contributed by atoms with Gasteiger partial charge in [-0.3, -0.25) is 0 Å². The number of nitrogens with one attached hydrogen (secondary N) is 1. The van der Waals surface area contributed by atoms with Crippen LogP contribution in [-0.4, -0.2) is 20.2 Å². The smallest absolute Gasteiger partial charge is 0.124 e. The van der Waals surface area contributed by atoms with E-state index >= 15 is 0 Å². The lowest BCUT2D eigenvalue weighted by Crippen LogP contribution is -2.25. The number of methoxy groups -OCH3 is 1. The maximum Gasteiger partial charge on any atom is 0.124 e. The van der Waals surface area contributed by atoms with E-state index in [9.17, 15) is 0 Å². The molecule has 1 aromatic rings. The third kappa shape index (κ3) is 4.02. The summed E-state index contributed by atoms with van der Waals surface area (Å²) in [4.78, 5) is 0. The quantitative estimate of drug-likeness (QED) is 0.794. The summed E-state index contributed by atoms with van der Waals surface area (Å²) in [7, 11) is 1.72. The molecule has 0 amide bonds. The Bertz CT molecular complexity index is 340. The molecule has 0 aliphatic heterocycles. The maximum absolute atomic E-state index is 5.58. The van der Waals surface area contributed by atoms with Crippen LogP contribution in [0.4, 0.5) is 0 Å². The number of benzene rings is 1. The molecule has 3 heteroatoms. The summed E-state index contributed by atoms with van der Waals surface area (Å²) in [6, 6.07) is 4.35. The van der Waals surface area contributed by atoms with Crippen molar-refractivity contribution in [2.45, 2.75) is 27.3 Å². The van der Waals surface area contributed by atoms with Crippen molar-refractivity contribution in [2.75, 3.05) is 20.2 Å². The molecule has 0 aliphatic rings. The minimum absolute atomic E-state index is 0.524. The summed E-state index contributed by atoms with van der Waals surface area (Å²) in [5.41, 5.74) is 9.26. The van der Waals surface area contributed by atoms with E-state index in [1.54, 1.807) is 7.11 Å². The molecule has 0 heterocycles. The molecule has 3 nitrogen and oxygen atoms in total. The van der Waals surface area contributed by atoms with Gasteiger partial charge in [0.25, 0.3) is 0 Å². The van der Waals surface area contributed by atoms with Gasteiger partial charge < -0.3 is 15.8 Å². The Kier molecular flexibility index (Phi) is 5.45. The first-order chi connectivity index (χ1) is 8.08. The van der Waals surface area contributed by atoms with Crippen molar-refractivity contribution in [1.29, 1.82) is 0 Å². The molecule has 0 bridgehead atoms. The Balaban J connectivity index is 2.61. The molecule has 0 aliphatic carbocycles. The second-order valence-electron chi connectivity index (χ2n) is 4.73. The number of nitrogens with two attached hydrogens (primary N) is 1. The second-order valence-corrected chi connectivity index (χ2v) is 4.73. The van der Waals surface area contributed by atoms with Crippen molar-refractivity contribution in [3.8, 4) is 5.75 Å². The van der Waals surface area contributed by atoms with Crippen LogP contribution in [0.3, 0.4) is 0 Å². The predicted molar refractivity (Wildman–Crippen MR) is 72.4 cm³/mol. The van der Waals surface area contributed by atoms with Gasteiger partial charge in [0.2, 0.25) is 0 Å². The summed E-state index contributed by atoms with van der Waals surface area (Å²) in [6.07, 6.45) is 0. The lowest BCUT2D eigenvalue weighted by atomic mass is 10.1. The first-order valence-electron chi connectivity index (χ1n) is 6.13. The maximum atomic E-state index is 5.58. The third-order valence-electron chi connectivity index (χ3n) is 2.95. The van der Waals surface area contributed by atoms with Gasteiger partial charge in [-0.25, -0.2) is 0 Å². The van der Waals surface area contributed by atoms with Crippen molar-refractivity contribution in [3.05, 3.63) is 28.8 Å². The number of hydrogen-bond donors (Lipinski definition) is 2. The highest BCUT2D eigenvalue weighted by molar-refractivity contribution is 5.43. The molecule has 0 fully saturated rings. The van der Waals surface area contributed by atoms with Crippen LogP contribution in [0.5, 0.6) is 5.75 Å². The third-order valence-corrected chi connectivity index (χ3v) is 2.95. The predicted octanol–water partition coefficient (Wildman–Crippen LogP) is 2.00. The molecule has 0 aromatic heterocycles. The molecular weight excluding hydrogens is 212 g/mol. The van der Waals surface area contributed by atoms with Crippen molar-refractivity contribution in [2.24, 2.45) is 11.7 Å². The van der Waals surface area contributed by atoms with Crippen molar-refractivity contribution in [1.82, 2.24) is 5.32 Å². The number of hydrogen-bond acceptors (Lipinski definition) is 3. The molecule has 1 atom stereocenters. The Morgan fingerprint density at radius 2 is 1.88 bits per heavy atom. The number of aryl methyl sites for hydroxylation is 2. The fourth-order valence-corrected chi connectivity index (χ4v) is 2.01. The van der Waals surface area contributed by atoms with Crippen LogP contribution in [0.2, 0.25) is 0 Å². The Morgan fingerprint density at radius 1 is 1.29 bits per heavy atom. The molecule has 1 aromatic carbocycles. The highest BCUT2D eigenvalue weighted by Crippen LogP contribution is 2.24. The minimum atomic E-state index is 0.524. The Hall–Kier alpha value is -1.06. The van der Waals surface area contributed by atoms with Gasteiger partial charge in [0, 0.05) is 6.54 Å². The van der Waals surface area contributed by atoms with Crippen LogP contribution in [0, 0.1) is 19.8 Å². The zero-order valence-electron chi connectivity index (χ0n) is 11.3. The van der Waals surface area contributed by atoms with Crippen LogP contribution in [-0.2, 0) is 6.54 Å². The molecule has 96 valence electrons. The van der Waals surface area contributed by atoms with E-state index in [2.05, 4.69) is 38.2 Å². The van der Waals surface area contributed by atoms with Gasteiger partial charge in [-0.1, -0.05) is 19.1 Å². The normalized spacial score (nSPS) is 12.5. The van der Waals surface area contributed by atoms with Crippen molar-refractivity contribution < 1.29 is 4.74 Å². The second kappa shape index (κ2) is 6.62. The molecule has 0 spiro atoms. The molecular formula is C14H24N2O. The van der Waals surface area contributed by atoms with Crippen molar-refractivity contribution in [3.63, 3.8) is 0 Å². The van der Waals surface area contributed by atoms with Gasteiger partial charge in [-0.05, 0) is 49.5 Å². The fraction of sp³-hybridized carbons (Fsp3) is 0.571. The van der Waals surface area contributed by atoms with Crippen LogP contribution < -0.4 is 15.8 Å². The summed E-state index contributed by atoms with van der Waals surface area (Å²) in [5, 5.41) is 3.42. The van der Waals surface area contributed by atoms with E-state index in [1.165, 1.54) is 16.7 Å². The van der Waals surface area contributed by atoms with Gasteiger partial charge in [0.15, 0.2) is 0 Å². The highest BCUT2D eigenvalue weighted by Gasteiger charge is 2.05. The Morgan fingerprint density at radius 3 is 2.35 bits per heavy atom. The topological polar surface area (TPSA) is 47.3 Å². The van der Waals surface area contributed by atoms with E-state index in [1.807, 2.05) is 0 Å². The molecule has 17 heavy (non-hydrogen) atoms. The van der Waals surface area contributed by atoms with E-state index in [-0.39, 0.29) is 0 Å². The van der Waals surface area contributed by atoms with E-state index in [4.69, 9.17) is 10.5 Å². The standard InChI is InChI=1S/C14H24N2O/c1-10(7-15)8-16-9-13-5-11(2)14(17-4)12(3)6-13/h5-6,10,16H,7-9,15H2,1-4H3. The largest absolute Gasteiger partial charge is 0.496 e. The SMILES string of the molecule is COc1c(C)cc(CNCC(C)CN)cc1C. The van der Waals surface area contributed by atoms with Crippen LogP contribution in [0.25, 0.3) is 0 Å². The zero-order valence-corrected chi connectivity index (χ0v) is 11.3. The first-order valence-corrected chi connectivity index (χ1v) is 6.13. The van der Waals surface area contributed by atoms with Gasteiger partial charge in [-0.2, -0.15) is 0 Å². The highest BCUT2D eigenvalue weighted by atomic mass is 16.5. The molecule has 1 unspecified atom stereocenters.